The standard InChI is InChI=1S/C12H14N6O/c1-19-6-2-4-18-5-3-11(17-18)16-12-9-14-10(7-13)8-15-12/h3,5,8-9H,2,4,6H2,1H3,(H,15,16,17). The van der Waals surface area contributed by atoms with E-state index in [0.717, 1.165) is 13.0 Å². The van der Waals surface area contributed by atoms with Crippen molar-refractivity contribution in [2.45, 2.75) is 13.0 Å². The van der Waals surface area contributed by atoms with Gasteiger partial charge in [0.15, 0.2) is 11.5 Å². The highest BCUT2D eigenvalue weighted by molar-refractivity contribution is 5.49. The van der Waals surface area contributed by atoms with Crippen molar-refractivity contribution in [3.63, 3.8) is 0 Å². The average Bonchev–Trinajstić information content (AvgIpc) is 2.88. The minimum atomic E-state index is 0.288. The summed E-state index contributed by atoms with van der Waals surface area (Å²) in [5.41, 5.74) is 0.288. The lowest BCUT2D eigenvalue weighted by Crippen LogP contribution is -2.03. The molecule has 0 spiro atoms. The van der Waals surface area contributed by atoms with Gasteiger partial charge in [0.2, 0.25) is 0 Å². The van der Waals surface area contributed by atoms with E-state index in [1.54, 1.807) is 7.11 Å². The van der Waals surface area contributed by atoms with Crippen molar-refractivity contribution in [3.8, 4) is 6.07 Å². The van der Waals surface area contributed by atoms with Gasteiger partial charge in [-0.1, -0.05) is 0 Å². The summed E-state index contributed by atoms with van der Waals surface area (Å²) >= 11 is 0. The molecular formula is C12H14N6O. The Morgan fingerprint density at radius 2 is 2.26 bits per heavy atom. The Bertz CT molecular complexity index is 556. The number of hydrogen-bond donors (Lipinski definition) is 1. The van der Waals surface area contributed by atoms with E-state index < -0.39 is 0 Å². The van der Waals surface area contributed by atoms with Gasteiger partial charge < -0.3 is 10.1 Å². The monoisotopic (exact) mass is 258 g/mol. The fourth-order valence-electron chi connectivity index (χ4n) is 1.51. The van der Waals surface area contributed by atoms with Gasteiger partial charge in [0, 0.05) is 32.5 Å². The Balaban J connectivity index is 1.93. The number of nitrogens with one attached hydrogen (secondary N) is 1. The van der Waals surface area contributed by atoms with Crippen LogP contribution in [-0.4, -0.2) is 33.5 Å². The zero-order valence-electron chi connectivity index (χ0n) is 10.6. The first-order valence-electron chi connectivity index (χ1n) is 5.83. The largest absolute Gasteiger partial charge is 0.385 e. The highest BCUT2D eigenvalue weighted by atomic mass is 16.5. The van der Waals surface area contributed by atoms with E-state index in [1.807, 2.05) is 23.0 Å². The number of hydrogen-bond acceptors (Lipinski definition) is 6. The van der Waals surface area contributed by atoms with Crippen LogP contribution in [-0.2, 0) is 11.3 Å². The molecule has 2 rings (SSSR count). The molecule has 98 valence electrons. The van der Waals surface area contributed by atoms with E-state index in [9.17, 15) is 0 Å². The van der Waals surface area contributed by atoms with Crippen LogP contribution >= 0.6 is 0 Å². The summed E-state index contributed by atoms with van der Waals surface area (Å²) in [5, 5.41) is 16.0. The molecule has 0 aliphatic heterocycles. The molecule has 2 aromatic rings. The maximum absolute atomic E-state index is 8.63. The Labute approximate surface area is 110 Å². The second kappa shape index (κ2) is 6.47. The molecule has 0 aliphatic carbocycles. The number of nitriles is 1. The Kier molecular flexibility index (Phi) is 4.42. The molecule has 0 saturated heterocycles. The third-order valence-electron chi connectivity index (χ3n) is 2.40. The molecule has 0 atom stereocenters. The molecule has 0 bridgehead atoms. The average molecular weight is 258 g/mol. The third kappa shape index (κ3) is 3.76. The first-order valence-corrected chi connectivity index (χ1v) is 5.83. The van der Waals surface area contributed by atoms with Crippen LogP contribution in [0.2, 0.25) is 0 Å². The van der Waals surface area contributed by atoms with Crippen molar-refractivity contribution in [1.29, 1.82) is 5.26 Å². The molecule has 7 nitrogen and oxygen atoms in total. The predicted octanol–water partition coefficient (Wildman–Crippen LogP) is 1.32. The molecule has 0 saturated carbocycles. The van der Waals surface area contributed by atoms with Gasteiger partial charge in [-0.25, -0.2) is 9.97 Å². The number of anilines is 2. The number of rotatable bonds is 6. The third-order valence-corrected chi connectivity index (χ3v) is 2.40. The minimum absolute atomic E-state index is 0.288. The Morgan fingerprint density at radius 1 is 1.37 bits per heavy atom. The first-order chi connectivity index (χ1) is 9.31. The van der Waals surface area contributed by atoms with E-state index in [-0.39, 0.29) is 5.69 Å². The molecule has 0 amide bonds. The zero-order valence-corrected chi connectivity index (χ0v) is 10.6. The maximum atomic E-state index is 8.63. The van der Waals surface area contributed by atoms with Gasteiger partial charge in [0.25, 0.3) is 0 Å². The van der Waals surface area contributed by atoms with Gasteiger partial charge in [-0.15, -0.1) is 0 Å². The molecule has 7 heteroatoms. The van der Waals surface area contributed by atoms with Crippen LogP contribution in [0.5, 0.6) is 0 Å². The van der Waals surface area contributed by atoms with Gasteiger partial charge in [-0.2, -0.15) is 10.4 Å². The lowest BCUT2D eigenvalue weighted by atomic mass is 10.4. The highest BCUT2D eigenvalue weighted by Gasteiger charge is 2.01. The molecule has 19 heavy (non-hydrogen) atoms. The van der Waals surface area contributed by atoms with Crippen LogP contribution in [0.3, 0.4) is 0 Å². The fraction of sp³-hybridized carbons (Fsp3) is 0.333. The minimum Gasteiger partial charge on any atom is -0.385 e. The van der Waals surface area contributed by atoms with Crippen LogP contribution in [0.1, 0.15) is 12.1 Å². The summed E-state index contributed by atoms with van der Waals surface area (Å²) < 4.78 is 6.82. The summed E-state index contributed by atoms with van der Waals surface area (Å²) in [6.45, 7) is 1.51. The predicted molar refractivity (Wildman–Crippen MR) is 68.7 cm³/mol. The summed E-state index contributed by atoms with van der Waals surface area (Å²) in [5.74, 6) is 1.25. The number of aryl methyl sites for hydroxylation is 1. The van der Waals surface area contributed by atoms with Crippen LogP contribution < -0.4 is 5.32 Å². The van der Waals surface area contributed by atoms with Gasteiger partial charge in [-0.05, 0) is 6.42 Å². The number of aromatic nitrogens is 4. The van der Waals surface area contributed by atoms with Crippen LogP contribution in [0.15, 0.2) is 24.7 Å². The molecule has 0 unspecified atom stereocenters. The molecular weight excluding hydrogens is 244 g/mol. The smallest absolute Gasteiger partial charge is 0.158 e. The topological polar surface area (TPSA) is 88.6 Å². The number of ether oxygens (including phenoxy) is 1. The number of methoxy groups -OCH3 is 1. The molecule has 2 aromatic heterocycles. The summed E-state index contributed by atoms with van der Waals surface area (Å²) in [6.07, 6.45) is 5.71. The zero-order chi connectivity index (χ0) is 13.5. The van der Waals surface area contributed by atoms with Crippen LogP contribution in [0.25, 0.3) is 0 Å². The lowest BCUT2D eigenvalue weighted by Gasteiger charge is -2.02. The first kappa shape index (κ1) is 13.0. The molecule has 0 radical (unpaired) electrons. The van der Waals surface area contributed by atoms with Crippen molar-refractivity contribution in [2.75, 3.05) is 19.0 Å². The van der Waals surface area contributed by atoms with E-state index in [1.165, 1.54) is 12.4 Å². The second-order valence-corrected chi connectivity index (χ2v) is 3.83. The summed E-state index contributed by atoms with van der Waals surface area (Å²) in [6, 6.07) is 3.77. The number of nitrogens with zero attached hydrogens (tertiary/aromatic N) is 5. The molecule has 1 N–H and O–H groups in total. The molecule has 0 aliphatic rings. The lowest BCUT2D eigenvalue weighted by molar-refractivity contribution is 0.189. The van der Waals surface area contributed by atoms with Gasteiger partial charge in [-0.3, -0.25) is 4.68 Å². The summed E-state index contributed by atoms with van der Waals surface area (Å²) in [4.78, 5) is 7.99. The summed E-state index contributed by atoms with van der Waals surface area (Å²) in [7, 11) is 1.68. The van der Waals surface area contributed by atoms with Gasteiger partial charge in [0.1, 0.15) is 11.9 Å². The van der Waals surface area contributed by atoms with E-state index in [4.69, 9.17) is 10.00 Å². The van der Waals surface area contributed by atoms with Crippen molar-refractivity contribution in [2.24, 2.45) is 0 Å². The highest BCUT2D eigenvalue weighted by Crippen LogP contribution is 2.10. The van der Waals surface area contributed by atoms with Crippen LogP contribution in [0.4, 0.5) is 11.6 Å². The van der Waals surface area contributed by atoms with Crippen LogP contribution in [0, 0.1) is 11.3 Å². The molecule has 2 heterocycles. The maximum Gasteiger partial charge on any atom is 0.158 e. The Morgan fingerprint density at radius 3 is 2.95 bits per heavy atom. The normalized spacial score (nSPS) is 10.1. The van der Waals surface area contributed by atoms with Crippen molar-refractivity contribution in [1.82, 2.24) is 19.7 Å². The second-order valence-electron chi connectivity index (χ2n) is 3.83. The van der Waals surface area contributed by atoms with E-state index in [0.29, 0.717) is 18.2 Å². The quantitative estimate of drug-likeness (QED) is 0.786. The van der Waals surface area contributed by atoms with Gasteiger partial charge >= 0.3 is 0 Å². The van der Waals surface area contributed by atoms with E-state index >= 15 is 0 Å². The molecule has 0 fully saturated rings. The SMILES string of the molecule is COCCCn1ccc(Nc2cnc(C#N)cn2)n1. The van der Waals surface area contributed by atoms with E-state index in [2.05, 4.69) is 20.4 Å². The van der Waals surface area contributed by atoms with Crippen molar-refractivity contribution in [3.05, 3.63) is 30.4 Å². The van der Waals surface area contributed by atoms with Crippen molar-refractivity contribution < 1.29 is 4.74 Å². The van der Waals surface area contributed by atoms with Gasteiger partial charge in [0.05, 0.1) is 12.4 Å². The van der Waals surface area contributed by atoms with Crippen molar-refractivity contribution >= 4 is 11.6 Å². The molecule has 0 aromatic carbocycles. The Hall–Kier alpha value is -2.46. The fourth-order valence-corrected chi connectivity index (χ4v) is 1.51.